The summed E-state index contributed by atoms with van der Waals surface area (Å²) in [5.74, 6) is 0.245. The van der Waals surface area contributed by atoms with E-state index in [-0.39, 0.29) is 10.6 Å². The van der Waals surface area contributed by atoms with Crippen molar-refractivity contribution in [2.24, 2.45) is 0 Å². The van der Waals surface area contributed by atoms with Crippen LogP contribution in [0, 0.1) is 0 Å². The maximum Gasteiger partial charge on any atom is 0.195 e. The van der Waals surface area contributed by atoms with Gasteiger partial charge in [0, 0.05) is 5.02 Å². The number of rotatable bonds is 3. The van der Waals surface area contributed by atoms with E-state index in [1.54, 1.807) is 6.07 Å². The number of sulfone groups is 1. The first-order chi connectivity index (χ1) is 6.51. The van der Waals surface area contributed by atoms with Crippen LogP contribution in [0.5, 0.6) is 5.75 Å². The molecule has 0 amide bonds. The van der Waals surface area contributed by atoms with Crippen molar-refractivity contribution in [3.8, 4) is 5.75 Å². The van der Waals surface area contributed by atoms with Crippen molar-refractivity contribution < 1.29 is 13.2 Å². The van der Waals surface area contributed by atoms with E-state index in [1.165, 1.54) is 19.2 Å². The molecule has 0 saturated heterocycles. The molecule has 0 spiro atoms. The van der Waals surface area contributed by atoms with Gasteiger partial charge in [0.05, 0.1) is 7.11 Å². The normalized spacial score (nSPS) is 11.4. The van der Waals surface area contributed by atoms with Gasteiger partial charge in [0.15, 0.2) is 9.84 Å². The third-order valence-corrected chi connectivity index (χ3v) is 3.98. The van der Waals surface area contributed by atoms with Crippen LogP contribution in [0.2, 0.25) is 5.02 Å². The average molecular weight is 255 g/mol. The second kappa shape index (κ2) is 4.38. The largest absolute Gasteiger partial charge is 0.495 e. The molecule has 0 aliphatic heterocycles. The summed E-state index contributed by atoms with van der Waals surface area (Å²) < 4.78 is 27.8. The predicted octanol–water partition coefficient (Wildman–Crippen LogP) is 2.32. The highest BCUT2D eigenvalue weighted by Crippen LogP contribution is 2.28. The standard InChI is InChI=1S/C8H8Cl2O3S/c1-13-7-3-2-6(10)4-8(7)14(11,12)5-9/h2-4H,5H2,1H3. The molecule has 0 heterocycles. The molecule has 1 rings (SSSR count). The van der Waals surface area contributed by atoms with E-state index in [0.717, 1.165) is 0 Å². The van der Waals surface area contributed by atoms with E-state index in [2.05, 4.69) is 0 Å². The van der Waals surface area contributed by atoms with Crippen molar-refractivity contribution in [3.63, 3.8) is 0 Å². The molecule has 3 nitrogen and oxygen atoms in total. The molecule has 0 fully saturated rings. The molecule has 0 N–H and O–H groups in total. The van der Waals surface area contributed by atoms with E-state index >= 15 is 0 Å². The van der Waals surface area contributed by atoms with Gasteiger partial charge in [-0.3, -0.25) is 0 Å². The van der Waals surface area contributed by atoms with Gasteiger partial charge in [-0.2, -0.15) is 0 Å². The molecule has 0 atom stereocenters. The SMILES string of the molecule is COc1ccc(Cl)cc1S(=O)(=O)CCl. The van der Waals surface area contributed by atoms with E-state index < -0.39 is 15.0 Å². The monoisotopic (exact) mass is 254 g/mol. The Morgan fingerprint density at radius 2 is 2.07 bits per heavy atom. The van der Waals surface area contributed by atoms with Crippen molar-refractivity contribution >= 4 is 33.0 Å². The van der Waals surface area contributed by atoms with E-state index in [4.69, 9.17) is 27.9 Å². The number of ether oxygens (including phenoxy) is 1. The molecule has 1 aromatic carbocycles. The molecule has 0 unspecified atom stereocenters. The zero-order valence-corrected chi connectivity index (χ0v) is 9.66. The Hall–Kier alpha value is -0.450. The molecule has 0 aliphatic carbocycles. The molecule has 1 aromatic rings. The molecule has 0 aromatic heterocycles. The van der Waals surface area contributed by atoms with Gasteiger partial charge >= 0.3 is 0 Å². The molecule has 0 bridgehead atoms. The average Bonchev–Trinajstić information content (AvgIpc) is 2.18. The summed E-state index contributed by atoms with van der Waals surface area (Å²) >= 11 is 11.0. The molecule has 0 radical (unpaired) electrons. The Bertz CT molecular complexity index is 428. The molecular formula is C8H8Cl2O3S. The minimum atomic E-state index is -3.51. The van der Waals surface area contributed by atoms with Gasteiger partial charge in [0.1, 0.15) is 15.9 Å². The first kappa shape index (κ1) is 11.6. The van der Waals surface area contributed by atoms with Crippen LogP contribution in [-0.2, 0) is 9.84 Å². The Kier molecular flexibility index (Phi) is 3.64. The topological polar surface area (TPSA) is 43.4 Å². The third kappa shape index (κ3) is 2.32. The Morgan fingerprint density at radius 1 is 1.43 bits per heavy atom. The van der Waals surface area contributed by atoms with Gasteiger partial charge in [-0.15, -0.1) is 11.6 Å². The van der Waals surface area contributed by atoms with Crippen LogP contribution >= 0.6 is 23.2 Å². The minimum Gasteiger partial charge on any atom is -0.495 e. The third-order valence-electron chi connectivity index (χ3n) is 1.60. The number of hydrogen-bond donors (Lipinski definition) is 0. The van der Waals surface area contributed by atoms with E-state index in [1.807, 2.05) is 0 Å². The Morgan fingerprint density at radius 3 is 2.57 bits per heavy atom. The van der Waals surface area contributed by atoms with Crippen LogP contribution < -0.4 is 4.74 Å². The lowest BCUT2D eigenvalue weighted by molar-refractivity contribution is 0.403. The van der Waals surface area contributed by atoms with Crippen LogP contribution in [-0.4, -0.2) is 20.7 Å². The number of methoxy groups -OCH3 is 1. The Labute approximate surface area is 92.5 Å². The van der Waals surface area contributed by atoms with Crippen LogP contribution in [0.15, 0.2) is 23.1 Å². The van der Waals surface area contributed by atoms with Gasteiger partial charge in [-0.05, 0) is 18.2 Å². The Balaban J connectivity index is 3.39. The fraction of sp³-hybridized carbons (Fsp3) is 0.250. The van der Waals surface area contributed by atoms with Gasteiger partial charge in [-0.25, -0.2) is 8.42 Å². The highest BCUT2D eigenvalue weighted by Gasteiger charge is 2.18. The summed E-state index contributed by atoms with van der Waals surface area (Å²) in [7, 11) is -2.12. The molecule has 78 valence electrons. The van der Waals surface area contributed by atoms with Gasteiger partial charge in [-0.1, -0.05) is 11.6 Å². The second-order valence-corrected chi connectivity index (χ2v) is 5.50. The molecule has 0 aliphatic rings. The summed E-state index contributed by atoms with van der Waals surface area (Å²) in [6.45, 7) is 0. The number of hydrogen-bond acceptors (Lipinski definition) is 3. The van der Waals surface area contributed by atoms with Gasteiger partial charge in [0.25, 0.3) is 0 Å². The van der Waals surface area contributed by atoms with Crippen molar-refractivity contribution in [2.45, 2.75) is 4.90 Å². The van der Waals surface area contributed by atoms with Crippen LogP contribution in [0.3, 0.4) is 0 Å². The van der Waals surface area contributed by atoms with Crippen molar-refractivity contribution in [1.82, 2.24) is 0 Å². The lowest BCUT2D eigenvalue weighted by Crippen LogP contribution is -2.04. The van der Waals surface area contributed by atoms with Crippen molar-refractivity contribution in [3.05, 3.63) is 23.2 Å². The number of alkyl halides is 1. The summed E-state index contributed by atoms with van der Waals surface area (Å²) in [5, 5.41) is -0.168. The highest BCUT2D eigenvalue weighted by atomic mass is 35.5. The highest BCUT2D eigenvalue weighted by molar-refractivity contribution is 7.92. The fourth-order valence-electron chi connectivity index (χ4n) is 0.952. The summed E-state index contributed by atoms with van der Waals surface area (Å²) in [5.41, 5.74) is 0. The number of benzene rings is 1. The summed E-state index contributed by atoms with van der Waals surface area (Å²) in [4.78, 5) is 0.0162. The van der Waals surface area contributed by atoms with E-state index in [9.17, 15) is 8.42 Å². The maximum atomic E-state index is 11.5. The van der Waals surface area contributed by atoms with Crippen LogP contribution in [0.1, 0.15) is 0 Å². The lowest BCUT2D eigenvalue weighted by atomic mass is 10.3. The van der Waals surface area contributed by atoms with Crippen molar-refractivity contribution in [2.75, 3.05) is 12.3 Å². The smallest absolute Gasteiger partial charge is 0.195 e. The van der Waals surface area contributed by atoms with Crippen molar-refractivity contribution in [1.29, 1.82) is 0 Å². The molecular weight excluding hydrogens is 247 g/mol. The molecule has 0 saturated carbocycles. The lowest BCUT2D eigenvalue weighted by Gasteiger charge is -2.07. The maximum absolute atomic E-state index is 11.5. The quantitative estimate of drug-likeness (QED) is 0.778. The zero-order chi connectivity index (χ0) is 10.8. The van der Waals surface area contributed by atoms with Crippen LogP contribution in [0.25, 0.3) is 0 Å². The predicted molar refractivity (Wildman–Crippen MR) is 55.9 cm³/mol. The van der Waals surface area contributed by atoms with Gasteiger partial charge in [0.2, 0.25) is 0 Å². The summed E-state index contributed by atoms with van der Waals surface area (Å²) in [6.07, 6.45) is 0. The summed E-state index contributed by atoms with van der Waals surface area (Å²) in [6, 6.07) is 4.35. The van der Waals surface area contributed by atoms with Crippen LogP contribution in [0.4, 0.5) is 0 Å². The first-order valence-corrected chi connectivity index (χ1v) is 6.20. The van der Waals surface area contributed by atoms with Gasteiger partial charge < -0.3 is 4.74 Å². The van der Waals surface area contributed by atoms with E-state index in [0.29, 0.717) is 5.02 Å². The fourth-order valence-corrected chi connectivity index (χ4v) is 2.42. The molecule has 14 heavy (non-hydrogen) atoms. The minimum absolute atomic E-state index is 0.0162. The first-order valence-electron chi connectivity index (χ1n) is 3.63. The number of halogens is 2. The molecule has 6 heteroatoms. The zero-order valence-electron chi connectivity index (χ0n) is 7.33. The second-order valence-electron chi connectivity index (χ2n) is 2.52.